The smallest absolute Gasteiger partial charge is 0.345 e. The Morgan fingerprint density at radius 3 is 2.69 bits per heavy atom. The lowest BCUT2D eigenvalue weighted by Crippen LogP contribution is -2.30. The van der Waals surface area contributed by atoms with Gasteiger partial charge in [0.25, 0.3) is 0 Å². The molecule has 16 heavy (non-hydrogen) atoms. The third kappa shape index (κ3) is 1.65. The number of amidine groups is 1. The highest BCUT2D eigenvalue weighted by molar-refractivity contribution is 6.31. The van der Waals surface area contributed by atoms with E-state index in [2.05, 4.69) is 4.99 Å². The van der Waals surface area contributed by atoms with Crippen molar-refractivity contribution in [3.63, 3.8) is 0 Å². The Morgan fingerprint density at radius 2 is 2.19 bits per heavy atom. The van der Waals surface area contributed by atoms with E-state index < -0.39 is 0 Å². The summed E-state index contributed by atoms with van der Waals surface area (Å²) in [4.78, 5) is 16.6. The van der Waals surface area contributed by atoms with Gasteiger partial charge in [-0.1, -0.05) is 23.7 Å². The van der Waals surface area contributed by atoms with Crippen LogP contribution in [0.1, 0.15) is 17.2 Å². The highest BCUT2D eigenvalue weighted by Gasteiger charge is 2.31. The number of rotatable bonds is 1. The number of nitrogens with zero attached hydrogens (tertiary/aromatic N) is 2. The second kappa shape index (κ2) is 3.79. The Labute approximate surface area is 98.7 Å². The number of urea groups is 1. The van der Waals surface area contributed by atoms with E-state index in [1.54, 1.807) is 7.05 Å². The van der Waals surface area contributed by atoms with Gasteiger partial charge in [0.2, 0.25) is 0 Å². The fourth-order valence-corrected chi connectivity index (χ4v) is 1.92. The zero-order valence-electron chi connectivity index (χ0n) is 9.07. The van der Waals surface area contributed by atoms with Gasteiger partial charge in [-0.2, -0.15) is 4.99 Å². The number of benzene rings is 1. The Bertz CT molecular complexity index is 484. The van der Waals surface area contributed by atoms with Crippen LogP contribution in [0.25, 0.3) is 0 Å². The van der Waals surface area contributed by atoms with Crippen molar-refractivity contribution in [2.75, 3.05) is 7.05 Å². The summed E-state index contributed by atoms with van der Waals surface area (Å²) in [6, 6.07) is 5.01. The maximum Gasteiger partial charge on any atom is 0.345 e. The third-order valence-corrected chi connectivity index (χ3v) is 3.11. The fourth-order valence-electron chi connectivity index (χ4n) is 1.73. The molecule has 0 bridgehead atoms. The molecule has 2 rings (SSSR count). The predicted octanol–water partition coefficient (Wildman–Crippen LogP) is 2.11. The van der Waals surface area contributed by atoms with Gasteiger partial charge >= 0.3 is 6.03 Å². The molecular weight excluding hydrogens is 226 g/mol. The Kier molecular flexibility index (Phi) is 2.59. The van der Waals surface area contributed by atoms with Crippen molar-refractivity contribution in [2.24, 2.45) is 10.7 Å². The second-order valence-corrected chi connectivity index (χ2v) is 4.25. The van der Waals surface area contributed by atoms with Gasteiger partial charge in [0.1, 0.15) is 11.9 Å². The standard InChI is InChI=1S/C11H12ClN3O/c1-6-3-4-7(5-8(6)12)9-10(13)14-11(16)15(9)2/h3-5,9H,1-2H3,(H2,13,14,16). The number of likely N-dealkylation sites (N-methyl/N-ethyl adjacent to an activating group) is 1. The number of amides is 2. The average Bonchev–Trinajstić information content (AvgIpc) is 2.47. The molecule has 0 fully saturated rings. The highest BCUT2D eigenvalue weighted by atomic mass is 35.5. The van der Waals surface area contributed by atoms with E-state index in [1.807, 2.05) is 25.1 Å². The van der Waals surface area contributed by atoms with E-state index in [0.29, 0.717) is 10.9 Å². The van der Waals surface area contributed by atoms with Crippen LogP contribution in [0.4, 0.5) is 4.79 Å². The number of carbonyl (C=O) groups is 1. The minimum atomic E-state index is -0.320. The minimum Gasteiger partial charge on any atom is -0.385 e. The molecule has 1 aromatic carbocycles. The summed E-state index contributed by atoms with van der Waals surface area (Å²) in [5.41, 5.74) is 7.60. The molecule has 1 aliphatic rings. The third-order valence-electron chi connectivity index (χ3n) is 2.71. The van der Waals surface area contributed by atoms with Crippen molar-refractivity contribution in [3.05, 3.63) is 34.3 Å². The van der Waals surface area contributed by atoms with Gasteiger partial charge in [-0.25, -0.2) is 4.79 Å². The molecule has 0 aliphatic carbocycles. The van der Waals surface area contributed by atoms with Gasteiger partial charge in [-0.15, -0.1) is 0 Å². The molecule has 0 aromatic heterocycles. The van der Waals surface area contributed by atoms with Gasteiger partial charge in [-0.05, 0) is 24.1 Å². The van der Waals surface area contributed by atoms with E-state index in [9.17, 15) is 4.79 Å². The first-order chi connectivity index (χ1) is 7.50. The van der Waals surface area contributed by atoms with Crippen LogP contribution in [0, 0.1) is 6.92 Å². The van der Waals surface area contributed by atoms with Crippen LogP contribution in [-0.2, 0) is 0 Å². The number of carbonyl (C=O) groups excluding carboxylic acids is 1. The van der Waals surface area contributed by atoms with E-state index in [4.69, 9.17) is 17.3 Å². The first-order valence-electron chi connectivity index (χ1n) is 4.87. The normalized spacial score (nSPS) is 20.2. The average molecular weight is 238 g/mol. The summed E-state index contributed by atoms with van der Waals surface area (Å²) in [7, 11) is 1.67. The molecule has 0 saturated heterocycles. The van der Waals surface area contributed by atoms with Crippen molar-refractivity contribution in [2.45, 2.75) is 13.0 Å². The van der Waals surface area contributed by atoms with Crippen LogP contribution < -0.4 is 5.73 Å². The number of aliphatic imine (C=N–C) groups is 1. The summed E-state index contributed by atoms with van der Waals surface area (Å²) in [5.74, 6) is 0.312. The largest absolute Gasteiger partial charge is 0.385 e. The number of aryl methyl sites for hydroxylation is 1. The molecule has 2 N–H and O–H groups in total. The quantitative estimate of drug-likeness (QED) is 0.813. The Hall–Kier alpha value is -1.55. The zero-order chi connectivity index (χ0) is 11.9. The summed E-state index contributed by atoms with van der Waals surface area (Å²) < 4.78 is 0. The summed E-state index contributed by atoms with van der Waals surface area (Å²) in [5, 5.41) is 0.665. The van der Waals surface area contributed by atoms with Crippen LogP contribution in [-0.4, -0.2) is 23.8 Å². The molecule has 1 aliphatic heterocycles. The molecule has 5 heteroatoms. The molecule has 0 spiro atoms. The summed E-state index contributed by atoms with van der Waals surface area (Å²) in [6.45, 7) is 1.92. The van der Waals surface area contributed by atoms with Crippen molar-refractivity contribution >= 4 is 23.5 Å². The molecule has 1 unspecified atom stereocenters. The molecule has 84 valence electrons. The fraction of sp³-hybridized carbons (Fsp3) is 0.273. The van der Waals surface area contributed by atoms with Gasteiger partial charge in [0.15, 0.2) is 0 Å². The summed E-state index contributed by atoms with van der Waals surface area (Å²) >= 11 is 6.04. The van der Waals surface area contributed by atoms with Crippen molar-refractivity contribution < 1.29 is 4.79 Å². The zero-order valence-corrected chi connectivity index (χ0v) is 9.82. The van der Waals surface area contributed by atoms with Gasteiger partial charge in [0.05, 0.1) is 0 Å². The molecule has 0 saturated carbocycles. The molecule has 4 nitrogen and oxygen atoms in total. The van der Waals surface area contributed by atoms with Crippen molar-refractivity contribution in [1.29, 1.82) is 0 Å². The molecule has 1 atom stereocenters. The van der Waals surface area contributed by atoms with E-state index >= 15 is 0 Å². The SMILES string of the molecule is Cc1ccc(C2C(N)=NC(=O)N2C)cc1Cl. The lowest BCUT2D eigenvalue weighted by atomic mass is 10.0. The topological polar surface area (TPSA) is 58.7 Å². The van der Waals surface area contributed by atoms with Crippen molar-refractivity contribution in [3.8, 4) is 0 Å². The lowest BCUT2D eigenvalue weighted by molar-refractivity contribution is 0.218. The van der Waals surface area contributed by atoms with E-state index in [0.717, 1.165) is 11.1 Å². The van der Waals surface area contributed by atoms with Crippen LogP contribution in [0.3, 0.4) is 0 Å². The van der Waals surface area contributed by atoms with Crippen LogP contribution >= 0.6 is 11.6 Å². The Morgan fingerprint density at radius 1 is 1.50 bits per heavy atom. The minimum absolute atomic E-state index is 0.300. The molecular formula is C11H12ClN3O. The lowest BCUT2D eigenvalue weighted by Gasteiger charge is -2.20. The van der Waals surface area contributed by atoms with Gasteiger partial charge in [-0.3, -0.25) is 0 Å². The van der Waals surface area contributed by atoms with Crippen molar-refractivity contribution in [1.82, 2.24) is 4.90 Å². The Balaban J connectivity index is 2.42. The molecule has 0 radical (unpaired) electrons. The number of hydrogen-bond acceptors (Lipinski definition) is 2. The number of hydrogen-bond donors (Lipinski definition) is 1. The van der Waals surface area contributed by atoms with Crippen LogP contribution in [0.5, 0.6) is 0 Å². The number of nitrogens with two attached hydrogens (primary N) is 1. The highest BCUT2D eigenvalue weighted by Crippen LogP contribution is 2.28. The second-order valence-electron chi connectivity index (χ2n) is 3.84. The first kappa shape index (κ1) is 11.0. The number of halogens is 1. The monoisotopic (exact) mass is 237 g/mol. The molecule has 1 aromatic rings. The van der Waals surface area contributed by atoms with Gasteiger partial charge in [0, 0.05) is 12.1 Å². The summed E-state index contributed by atoms with van der Waals surface area (Å²) in [6.07, 6.45) is 0. The van der Waals surface area contributed by atoms with E-state index in [1.165, 1.54) is 4.90 Å². The predicted molar refractivity (Wildman–Crippen MR) is 63.7 cm³/mol. The first-order valence-corrected chi connectivity index (χ1v) is 5.25. The molecule has 2 amide bonds. The maximum atomic E-state index is 11.3. The van der Waals surface area contributed by atoms with E-state index in [-0.39, 0.29) is 12.1 Å². The molecule has 1 heterocycles. The van der Waals surface area contributed by atoms with Gasteiger partial charge < -0.3 is 10.6 Å². The maximum absolute atomic E-state index is 11.3. The van der Waals surface area contributed by atoms with Crippen LogP contribution in [0.2, 0.25) is 5.02 Å². The van der Waals surface area contributed by atoms with Crippen LogP contribution in [0.15, 0.2) is 23.2 Å².